The second kappa shape index (κ2) is 7.44. The lowest BCUT2D eigenvalue weighted by Crippen LogP contribution is -2.31. The highest BCUT2D eigenvalue weighted by Crippen LogP contribution is 2.25. The van der Waals surface area contributed by atoms with E-state index in [0.29, 0.717) is 10.0 Å². The standard InChI is InChI=1S/C15H13ClN4O3S2/c16-13-4-6-15(24-13)25(22,23)18-8-9-20-14(21)5-3-12(19-20)11-2-1-7-17-10-11/h1-7,10,18H,8-9H2. The van der Waals surface area contributed by atoms with Gasteiger partial charge in [-0.3, -0.25) is 9.78 Å². The monoisotopic (exact) mass is 396 g/mol. The minimum absolute atomic E-state index is 0.0290. The normalized spacial score (nSPS) is 11.6. The van der Waals surface area contributed by atoms with Gasteiger partial charge in [0.15, 0.2) is 0 Å². The van der Waals surface area contributed by atoms with E-state index in [0.717, 1.165) is 16.9 Å². The zero-order valence-electron chi connectivity index (χ0n) is 12.8. The molecule has 0 aliphatic heterocycles. The third-order valence-corrected chi connectivity index (χ3v) is 6.44. The summed E-state index contributed by atoms with van der Waals surface area (Å²) >= 11 is 6.73. The molecule has 0 radical (unpaired) electrons. The van der Waals surface area contributed by atoms with Gasteiger partial charge in [-0.2, -0.15) is 5.10 Å². The van der Waals surface area contributed by atoms with Crippen LogP contribution in [-0.4, -0.2) is 29.7 Å². The third kappa shape index (κ3) is 4.31. The Morgan fingerprint density at radius 1 is 1.20 bits per heavy atom. The van der Waals surface area contributed by atoms with Crippen molar-refractivity contribution in [2.45, 2.75) is 10.8 Å². The molecular weight excluding hydrogens is 384 g/mol. The number of aromatic nitrogens is 3. The van der Waals surface area contributed by atoms with Crippen molar-refractivity contribution in [2.24, 2.45) is 0 Å². The molecule has 25 heavy (non-hydrogen) atoms. The molecule has 0 aliphatic carbocycles. The van der Waals surface area contributed by atoms with E-state index < -0.39 is 10.0 Å². The maximum Gasteiger partial charge on any atom is 0.266 e. The number of nitrogens with zero attached hydrogens (tertiary/aromatic N) is 3. The van der Waals surface area contributed by atoms with Crippen molar-refractivity contribution in [3.63, 3.8) is 0 Å². The first kappa shape index (κ1) is 17.7. The van der Waals surface area contributed by atoms with Crippen molar-refractivity contribution >= 4 is 33.0 Å². The lowest BCUT2D eigenvalue weighted by Gasteiger charge is -2.08. The molecule has 7 nitrogen and oxygen atoms in total. The van der Waals surface area contributed by atoms with Crippen molar-refractivity contribution in [3.8, 4) is 11.3 Å². The third-order valence-electron chi connectivity index (χ3n) is 3.25. The fraction of sp³-hybridized carbons (Fsp3) is 0.133. The number of sulfonamides is 1. The molecule has 3 heterocycles. The van der Waals surface area contributed by atoms with Crippen LogP contribution in [0.1, 0.15) is 0 Å². The number of pyridine rings is 1. The molecule has 0 amide bonds. The van der Waals surface area contributed by atoms with Crippen LogP contribution in [0.25, 0.3) is 11.3 Å². The van der Waals surface area contributed by atoms with Crippen molar-refractivity contribution in [1.29, 1.82) is 0 Å². The van der Waals surface area contributed by atoms with E-state index in [2.05, 4.69) is 14.8 Å². The summed E-state index contributed by atoms with van der Waals surface area (Å²) in [7, 11) is -3.65. The van der Waals surface area contributed by atoms with Crippen molar-refractivity contribution in [2.75, 3.05) is 6.54 Å². The highest BCUT2D eigenvalue weighted by atomic mass is 35.5. The van der Waals surface area contributed by atoms with E-state index in [9.17, 15) is 13.2 Å². The van der Waals surface area contributed by atoms with Crippen LogP contribution in [0.4, 0.5) is 0 Å². The highest BCUT2D eigenvalue weighted by Gasteiger charge is 2.16. The zero-order chi connectivity index (χ0) is 17.9. The first-order valence-electron chi connectivity index (χ1n) is 7.19. The first-order valence-corrected chi connectivity index (χ1v) is 9.87. The fourth-order valence-corrected chi connectivity index (χ4v) is 4.62. The molecule has 0 aromatic carbocycles. The van der Waals surface area contributed by atoms with E-state index in [1.807, 2.05) is 6.07 Å². The van der Waals surface area contributed by atoms with Crippen LogP contribution in [0.5, 0.6) is 0 Å². The molecule has 10 heteroatoms. The second-order valence-corrected chi connectivity index (χ2v) is 8.69. The zero-order valence-corrected chi connectivity index (χ0v) is 15.2. The van der Waals surface area contributed by atoms with Gasteiger partial charge in [0.25, 0.3) is 5.56 Å². The highest BCUT2D eigenvalue weighted by molar-refractivity contribution is 7.91. The van der Waals surface area contributed by atoms with E-state index in [1.165, 1.54) is 22.9 Å². The van der Waals surface area contributed by atoms with Crippen molar-refractivity contribution in [3.05, 3.63) is 63.5 Å². The summed E-state index contributed by atoms with van der Waals surface area (Å²) in [6.45, 7) is 0.131. The summed E-state index contributed by atoms with van der Waals surface area (Å²) in [6.07, 6.45) is 3.28. The van der Waals surface area contributed by atoms with Crippen LogP contribution in [0, 0.1) is 0 Å². The molecule has 0 atom stereocenters. The molecule has 0 aliphatic rings. The summed E-state index contributed by atoms with van der Waals surface area (Å²) in [6, 6.07) is 9.55. The van der Waals surface area contributed by atoms with E-state index in [4.69, 9.17) is 11.6 Å². The topological polar surface area (TPSA) is 93.9 Å². The molecule has 0 fully saturated rings. The smallest absolute Gasteiger partial charge is 0.266 e. The van der Waals surface area contributed by atoms with Crippen LogP contribution < -0.4 is 10.3 Å². The number of hydrogen-bond acceptors (Lipinski definition) is 6. The number of nitrogens with one attached hydrogen (secondary N) is 1. The molecule has 3 rings (SSSR count). The molecule has 0 saturated heterocycles. The minimum atomic E-state index is -3.65. The average Bonchev–Trinajstić information content (AvgIpc) is 3.05. The second-order valence-electron chi connectivity index (χ2n) is 4.98. The Balaban J connectivity index is 1.72. The van der Waals surface area contributed by atoms with Crippen LogP contribution in [0.15, 0.2) is 57.8 Å². The van der Waals surface area contributed by atoms with Gasteiger partial charge >= 0.3 is 0 Å². The molecular formula is C15H13ClN4O3S2. The first-order chi connectivity index (χ1) is 12.0. The molecule has 0 bridgehead atoms. The van der Waals surface area contributed by atoms with Crippen LogP contribution in [0.2, 0.25) is 4.34 Å². The number of thiophene rings is 1. The lowest BCUT2D eigenvalue weighted by atomic mass is 10.2. The van der Waals surface area contributed by atoms with Crippen LogP contribution in [-0.2, 0) is 16.6 Å². The molecule has 0 saturated carbocycles. The average molecular weight is 397 g/mol. The van der Waals surface area contributed by atoms with Gasteiger partial charge in [0.1, 0.15) is 4.21 Å². The Morgan fingerprint density at radius 3 is 2.72 bits per heavy atom. The number of rotatable bonds is 6. The van der Waals surface area contributed by atoms with E-state index in [-0.39, 0.29) is 22.9 Å². The fourth-order valence-electron chi connectivity index (χ4n) is 2.08. The predicted octanol–water partition coefficient (Wildman–Crippen LogP) is 2.00. The molecule has 0 unspecified atom stereocenters. The Morgan fingerprint density at radius 2 is 2.04 bits per heavy atom. The van der Waals surface area contributed by atoms with Gasteiger partial charge in [0.05, 0.1) is 16.6 Å². The van der Waals surface area contributed by atoms with Crippen LogP contribution in [0.3, 0.4) is 0 Å². The van der Waals surface area contributed by atoms with Gasteiger partial charge in [-0.1, -0.05) is 11.6 Å². The summed E-state index contributed by atoms with van der Waals surface area (Å²) in [5, 5.41) is 4.25. The number of halogens is 1. The summed E-state index contributed by atoms with van der Waals surface area (Å²) in [4.78, 5) is 15.9. The summed E-state index contributed by atoms with van der Waals surface area (Å²) in [5.74, 6) is 0. The molecule has 3 aromatic rings. The predicted molar refractivity (Wildman–Crippen MR) is 96.2 cm³/mol. The van der Waals surface area contributed by atoms with Gasteiger partial charge in [-0.05, 0) is 30.3 Å². The van der Waals surface area contributed by atoms with Crippen molar-refractivity contribution < 1.29 is 8.42 Å². The Bertz CT molecular complexity index is 1030. The maximum absolute atomic E-state index is 12.1. The lowest BCUT2D eigenvalue weighted by molar-refractivity contribution is 0.550. The van der Waals surface area contributed by atoms with E-state index >= 15 is 0 Å². The van der Waals surface area contributed by atoms with Crippen LogP contribution >= 0.6 is 22.9 Å². The minimum Gasteiger partial charge on any atom is -0.268 e. The maximum atomic E-state index is 12.1. The van der Waals surface area contributed by atoms with Gasteiger partial charge in [0, 0.05) is 30.6 Å². The Hall–Kier alpha value is -2.07. The van der Waals surface area contributed by atoms with Crippen molar-refractivity contribution in [1.82, 2.24) is 19.5 Å². The molecule has 3 aromatic heterocycles. The molecule has 130 valence electrons. The molecule has 1 N–H and O–H groups in total. The van der Waals surface area contributed by atoms with Gasteiger partial charge in [-0.15, -0.1) is 11.3 Å². The Labute approximate surface area is 153 Å². The van der Waals surface area contributed by atoms with Gasteiger partial charge in [-0.25, -0.2) is 17.8 Å². The largest absolute Gasteiger partial charge is 0.268 e. The summed E-state index contributed by atoms with van der Waals surface area (Å²) < 4.78 is 28.4. The number of hydrogen-bond donors (Lipinski definition) is 1. The Kier molecular flexibility index (Phi) is 5.28. The summed E-state index contributed by atoms with van der Waals surface area (Å²) in [5.41, 5.74) is 1.04. The van der Waals surface area contributed by atoms with Gasteiger partial charge in [0.2, 0.25) is 10.0 Å². The molecule has 0 spiro atoms. The van der Waals surface area contributed by atoms with E-state index in [1.54, 1.807) is 24.5 Å². The SMILES string of the molecule is O=c1ccc(-c2cccnc2)nn1CCNS(=O)(=O)c1ccc(Cl)s1. The van der Waals surface area contributed by atoms with Gasteiger partial charge < -0.3 is 0 Å². The quantitative estimate of drug-likeness (QED) is 0.687.